The van der Waals surface area contributed by atoms with Crippen LogP contribution in [0.2, 0.25) is 0 Å². The largest absolute Gasteiger partial charge is 0.337 e. The molecule has 0 radical (unpaired) electrons. The number of rotatable bonds is 6. The number of nitrogens with zero attached hydrogens (tertiary/aromatic N) is 1. The van der Waals surface area contributed by atoms with E-state index < -0.39 is 10.0 Å². The lowest BCUT2D eigenvalue weighted by Gasteiger charge is -2.17. The highest BCUT2D eigenvalue weighted by atomic mass is 32.2. The molecule has 2 rings (SSSR count). The average molecular weight is 350 g/mol. The smallest absolute Gasteiger partial charge is 0.253 e. The van der Waals surface area contributed by atoms with Crippen molar-refractivity contribution >= 4 is 15.9 Å². The topological polar surface area (TPSA) is 66.5 Å². The lowest BCUT2D eigenvalue weighted by Crippen LogP contribution is -2.26. The van der Waals surface area contributed by atoms with Crippen molar-refractivity contribution in [2.24, 2.45) is 0 Å². The Morgan fingerprint density at radius 2 is 1.67 bits per heavy atom. The molecular weight excluding hydrogens is 331 g/mol. The standard InChI is InChI=1S/C17H19FN2O3S/c1-3-19-24(22,23)16-10-6-14(7-11-16)17(21)20(2)12-13-4-8-15(18)9-5-13/h4-11,19H,3,12H2,1-2H3. The minimum atomic E-state index is -3.54. The summed E-state index contributed by atoms with van der Waals surface area (Å²) in [6.45, 7) is 2.32. The van der Waals surface area contributed by atoms with Gasteiger partial charge in [0.05, 0.1) is 4.90 Å². The molecule has 0 spiro atoms. The minimum Gasteiger partial charge on any atom is -0.337 e. The van der Waals surface area contributed by atoms with Gasteiger partial charge in [-0.15, -0.1) is 0 Å². The zero-order valence-corrected chi connectivity index (χ0v) is 14.3. The first-order valence-corrected chi connectivity index (χ1v) is 8.91. The van der Waals surface area contributed by atoms with Gasteiger partial charge < -0.3 is 4.90 Å². The molecule has 0 fully saturated rings. The number of benzene rings is 2. The van der Waals surface area contributed by atoms with Gasteiger partial charge in [0.25, 0.3) is 5.91 Å². The van der Waals surface area contributed by atoms with Gasteiger partial charge in [-0.05, 0) is 42.0 Å². The van der Waals surface area contributed by atoms with Crippen LogP contribution in [0.1, 0.15) is 22.8 Å². The van der Waals surface area contributed by atoms with Crippen LogP contribution in [0, 0.1) is 5.82 Å². The number of hydrogen-bond acceptors (Lipinski definition) is 3. The van der Waals surface area contributed by atoms with Crippen molar-refractivity contribution < 1.29 is 17.6 Å². The summed E-state index contributed by atoms with van der Waals surface area (Å²) in [7, 11) is -1.90. The van der Waals surface area contributed by atoms with Crippen LogP contribution in [0.25, 0.3) is 0 Å². The Kier molecular flexibility index (Phi) is 5.69. The maximum absolute atomic E-state index is 12.9. The van der Waals surface area contributed by atoms with E-state index in [-0.39, 0.29) is 16.6 Å². The molecular formula is C17H19FN2O3S. The number of hydrogen-bond donors (Lipinski definition) is 1. The molecule has 0 saturated carbocycles. The lowest BCUT2D eigenvalue weighted by molar-refractivity contribution is 0.0785. The molecule has 0 aromatic heterocycles. The second kappa shape index (κ2) is 7.55. The summed E-state index contributed by atoms with van der Waals surface area (Å²) in [5.41, 5.74) is 1.19. The summed E-state index contributed by atoms with van der Waals surface area (Å²) in [4.78, 5) is 14.0. The Morgan fingerprint density at radius 3 is 2.21 bits per heavy atom. The third-order valence-electron chi connectivity index (χ3n) is 3.43. The van der Waals surface area contributed by atoms with Gasteiger partial charge in [-0.2, -0.15) is 0 Å². The minimum absolute atomic E-state index is 0.113. The van der Waals surface area contributed by atoms with E-state index in [0.717, 1.165) is 5.56 Å². The van der Waals surface area contributed by atoms with Crippen LogP contribution in [0.4, 0.5) is 4.39 Å². The molecule has 24 heavy (non-hydrogen) atoms. The highest BCUT2D eigenvalue weighted by Crippen LogP contribution is 2.13. The van der Waals surface area contributed by atoms with Gasteiger partial charge in [0.2, 0.25) is 10.0 Å². The Bertz CT molecular complexity index is 803. The number of nitrogens with one attached hydrogen (secondary N) is 1. The van der Waals surface area contributed by atoms with E-state index in [4.69, 9.17) is 0 Å². The highest BCUT2D eigenvalue weighted by Gasteiger charge is 2.16. The van der Waals surface area contributed by atoms with Gasteiger partial charge in [-0.25, -0.2) is 17.5 Å². The SMILES string of the molecule is CCNS(=O)(=O)c1ccc(C(=O)N(C)Cc2ccc(F)cc2)cc1. The van der Waals surface area contributed by atoms with Crippen LogP contribution in [0.3, 0.4) is 0 Å². The van der Waals surface area contributed by atoms with Crippen molar-refractivity contribution in [1.29, 1.82) is 0 Å². The van der Waals surface area contributed by atoms with E-state index in [1.165, 1.54) is 41.3 Å². The lowest BCUT2D eigenvalue weighted by atomic mass is 10.1. The van der Waals surface area contributed by atoms with Crippen LogP contribution < -0.4 is 4.72 Å². The number of amides is 1. The number of sulfonamides is 1. The Labute approximate surface area is 141 Å². The molecule has 1 amide bonds. The summed E-state index contributed by atoms with van der Waals surface area (Å²) in [5.74, 6) is -0.572. The van der Waals surface area contributed by atoms with E-state index >= 15 is 0 Å². The highest BCUT2D eigenvalue weighted by molar-refractivity contribution is 7.89. The normalized spacial score (nSPS) is 11.3. The Balaban J connectivity index is 2.10. The molecule has 7 heteroatoms. The molecule has 0 aliphatic carbocycles. The van der Waals surface area contributed by atoms with Gasteiger partial charge in [-0.3, -0.25) is 4.79 Å². The molecule has 5 nitrogen and oxygen atoms in total. The monoisotopic (exact) mass is 350 g/mol. The van der Waals surface area contributed by atoms with Crippen molar-refractivity contribution in [3.8, 4) is 0 Å². The molecule has 128 valence electrons. The number of halogens is 1. The number of carbonyl (C=O) groups is 1. The van der Waals surface area contributed by atoms with Crippen LogP contribution in [-0.2, 0) is 16.6 Å². The molecule has 0 aliphatic rings. The molecule has 0 bridgehead atoms. The van der Waals surface area contributed by atoms with Crippen molar-refractivity contribution in [2.75, 3.05) is 13.6 Å². The fourth-order valence-corrected chi connectivity index (χ4v) is 3.25. The van der Waals surface area contributed by atoms with Crippen molar-refractivity contribution in [3.63, 3.8) is 0 Å². The molecule has 1 N–H and O–H groups in total. The molecule has 2 aromatic rings. The summed E-state index contributed by atoms with van der Waals surface area (Å²) in [6.07, 6.45) is 0. The predicted octanol–water partition coefficient (Wildman–Crippen LogP) is 2.40. The molecule has 2 aromatic carbocycles. The fourth-order valence-electron chi connectivity index (χ4n) is 2.21. The zero-order valence-electron chi connectivity index (χ0n) is 13.5. The molecule has 0 heterocycles. The van der Waals surface area contributed by atoms with Gasteiger partial charge in [0.1, 0.15) is 5.82 Å². The fraction of sp³-hybridized carbons (Fsp3) is 0.235. The number of carbonyl (C=O) groups excluding carboxylic acids is 1. The van der Waals surface area contributed by atoms with E-state index in [1.54, 1.807) is 26.1 Å². The van der Waals surface area contributed by atoms with E-state index in [1.807, 2.05) is 0 Å². The van der Waals surface area contributed by atoms with E-state index in [0.29, 0.717) is 18.7 Å². The molecule has 0 aliphatic heterocycles. The summed E-state index contributed by atoms with van der Waals surface area (Å²) in [5, 5.41) is 0. The van der Waals surface area contributed by atoms with Crippen molar-refractivity contribution in [1.82, 2.24) is 9.62 Å². The van der Waals surface area contributed by atoms with Gasteiger partial charge in [-0.1, -0.05) is 19.1 Å². The van der Waals surface area contributed by atoms with Gasteiger partial charge in [0.15, 0.2) is 0 Å². The van der Waals surface area contributed by atoms with Crippen LogP contribution in [0.5, 0.6) is 0 Å². The average Bonchev–Trinajstić information content (AvgIpc) is 2.56. The maximum atomic E-state index is 12.9. The van der Waals surface area contributed by atoms with E-state index in [2.05, 4.69) is 4.72 Å². The van der Waals surface area contributed by atoms with Gasteiger partial charge in [0, 0.05) is 25.7 Å². The van der Waals surface area contributed by atoms with Crippen molar-refractivity contribution in [3.05, 3.63) is 65.5 Å². The molecule has 0 atom stereocenters. The summed E-state index contributed by atoms with van der Waals surface area (Å²) in [6, 6.07) is 11.7. The molecule has 0 saturated heterocycles. The van der Waals surface area contributed by atoms with Crippen molar-refractivity contribution in [2.45, 2.75) is 18.4 Å². The predicted molar refractivity (Wildman–Crippen MR) is 89.5 cm³/mol. The first-order chi connectivity index (χ1) is 11.3. The maximum Gasteiger partial charge on any atom is 0.253 e. The Hall–Kier alpha value is -2.25. The van der Waals surface area contributed by atoms with Crippen LogP contribution in [-0.4, -0.2) is 32.8 Å². The van der Waals surface area contributed by atoms with Crippen LogP contribution >= 0.6 is 0 Å². The zero-order chi connectivity index (χ0) is 17.7. The van der Waals surface area contributed by atoms with E-state index in [9.17, 15) is 17.6 Å². The first kappa shape index (κ1) is 18.1. The Morgan fingerprint density at radius 1 is 1.08 bits per heavy atom. The second-order valence-electron chi connectivity index (χ2n) is 5.31. The third-order valence-corrected chi connectivity index (χ3v) is 4.99. The molecule has 0 unspecified atom stereocenters. The third kappa shape index (κ3) is 4.39. The van der Waals surface area contributed by atoms with Crippen LogP contribution in [0.15, 0.2) is 53.4 Å². The second-order valence-corrected chi connectivity index (χ2v) is 7.08. The first-order valence-electron chi connectivity index (χ1n) is 7.43. The summed E-state index contributed by atoms with van der Waals surface area (Å²) >= 11 is 0. The summed E-state index contributed by atoms with van der Waals surface area (Å²) < 4.78 is 39.1. The van der Waals surface area contributed by atoms with Gasteiger partial charge >= 0.3 is 0 Å². The quantitative estimate of drug-likeness (QED) is 0.870.